The van der Waals surface area contributed by atoms with Gasteiger partial charge in [-0.25, -0.2) is 0 Å². The molecule has 1 aliphatic heterocycles. The van der Waals surface area contributed by atoms with Crippen LogP contribution in [0.15, 0.2) is 35.7 Å². The predicted molar refractivity (Wildman–Crippen MR) is 89.1 cm³/mol. The molecule has 1 N–H and O–H groups in total. The minimum absolute atomic E-state index is 0.0156. The van der Waals surface area contributed by atoms with Crippen LogP contribution in [0, 0.1) is 0 Å². The summed E-state index contributed by atoms with van der Waals surface area (Å²) in [5.41, 5.74) is 1.71. The van der Waals surface area contributed by atoms with E-state index in [0.717, 1.165) is 35.7 Å². The Kier molecular flexibility index (Phi) is 4.71. The van der Waals surface area contributed by atoms with Crippen LogP contribution >= 0.6 is 11.3 Å². The molecule has 0 aromatic carbocycles. The van der Waals surface area contributed by atoms with Gasteiger partial charge < -0.3 is 10.2 Å². The molecule has 0 spiro atoms. The highest BCUT2D eigenvalue weighted by Gasteiger charge is 2.31. The van der Waals surface area contributed by atoms with E-state index in [0.29, 0.717) is 6.54 Å². The molecule has 120 valence electrons. The number of thiophene rings is 1. The summed E-state index contributed by atoms with van der Waals surface area (Å²) in [4.78, 5) is 31.0. The van der Waals surface area contributed by atoms with Crippen molar-refractivity contribution in [3.05, 3.63) is 52.0 Å². The quantitative estimate of drug-likeness (QED) is 0.938. The van der Waals surface area contributed by atoms with E-state index in [9.17, 15) is 9.59 Å². The van der Waals surface area contributed by atoms with Crippen molar-refractivity contribution in [2.45, 2.75) is 32.4 Å². The third-order valence-corrected chi connectivity index (χ3v) is 4.79. The minimum Gasteiger partial charge on any atom is -0.351 e. The predicted octanol–water partition coefficient (Wildman–Crippen LogP) is 2.76. The van der Waals surface area contributed by atoms with Gasteiger partial charge in [-0.2, -0.15) is 0 Å². The van der Waals surface area contributed by atoms with E-state index < -0.39 is 0 Å². The van der Waals surface area contributed by atoms with Gasteiger partial charge in [0.2, 0.25) is 5.91 Å². The van der Waals surface area contributed by atoms with Gasteiger partial charge >= 0.3 is 0 Å². The van der Waals surface area contributed by atoms with Crippen LogP contribution in [0.3, 0.4) is 0 Å². The molecule has 2 aromatic rings. The topological polar surface area (TPSA) is 62.3 Å². The SMILES string of the molecule is CC(=O)NCc1cccc(C2CCCN2C(=O)c2cccs2)n1. The normalized spacial score (nSPS) is 17.3. The summed E-state index contributed by atoms with van der Waals surface area (Å²) >= 11 is 1.47. The molecule has 5 nitrogen and oxygen atoms in total. The van der Waals surface area contributed by atoms with Crippen LogP contribution in [0.4, 0.5) is 0 Å². The van der Waals surface area contributed by atoms with Gasteiger partial charge in [-0.1, -0.05) is 12.1 Å². The molecule has 23 heavy (non-hydrogen) atoms. The van der Waals surface area contributed by atoms with Crippen molar-refractivity contribution in [3.63, 3.8) is 0 Å². The average Bonchev–Trinajstić information content (AvgIpc) is 3.23. The van der Waals surface area contributed by atoms with Crippen LogP contribution in [-0.4, -0.2) is 28.2 Å². The van der Waals surface area contributed by atoms with Crippen molar-refractivity contribution in [3.8, 4) is 0 Å². The summed E-state index contributed by atoms with van der Waals surface area (Å²) in [5.74, 6) is 0.00383. The third-order valence-electron chi connectivity index (χ3n) is 3.93. The summed E-state index contributed by atoms with van der Waals surface area (Å²) < 4.78 is 0. The summed E-state index contributed by atoms with van der Waals surface area (Å²) in [7, 11) is 0. The van der Waals surface area contributed by atoms with E-state index >= 15 is 0 Å². The first-order chi connectivity index (χ1) is 11.1. The molecule has 1 atom stereocenters. The summed E-state index contributed by atoms with van der Waals surface area (Å²) in [6, 6.07) is 9.56. The van der Waals surface area contributed by atoms with Crippen LogP contribution in [0.2, 0.25) is 0 Å². The Morgan fingerprint density at radius 3 is 2.96 bits per heavy atom. The van der Waals surface area contributed by atoms with Gasteiger partial charge in [-0.05, 0) is 36.4 Å². The molecular formula is C17H19N3O2S. The average molecular weight is 329 g/mol. The molecule has 2 aromatic heterocycles. The second kappa shape index (κ2) is 6.91. The standard InChI is InChI=1S/C17H19N3O2S/c1-12(21)18-11-13-5-2-6-14(19-13)15-7-3-9-20(15)17(22)16-8-4-10-23-16/h2,4-6,8,10,15H,3,7,9,11H2,1H3,(H,18,21). The number of nitrogens with one attached hydrogen (secondary N) is 1. The van der Waals surface area contributed by atoms with E-state index in [1.807, 2.05) is 40.6 Å². The van der Waals surface area contributed by atoms with Gasteiger partial charge in [-0.15, -0.1) is 11.3 Å². The third kappa shape index (κ3) is 3.59. The monoisotopic (exact) mass is 329 g/mol. The maximum atomic E-state index is 12.6. The molecule has 1 fully saturated rings. The molecule has 0 saturated carbocycles. The fourth-order valence-corrected chi connectivity index (χ4v) is 3.54. The summed E-state index contributed by atoms with van der Waals surface area (Å²) in [6.45, 7) is 2.66. The molecular weight excluding hydrogens is 310 g/mol. The van der Waals surface area contributed by atoms with E-state index in [1.165, 1.54) is 18.3 Å². The molecule has 3 heterocycles. The van der Waals surface area contributed by atoms with E-state index in [2.05, 4.69) is 10.3 Å². The first kappa shape index (κ1) is 15.7. The molecule has 6 heteroatoms. The molecule has 1 saturated heterocycles. The lowest BCUT2D eigenvalue weighted by Gasteiger charge is -2.24. The van der Waals surface area contributed by atoms with E-state index in [-0.39, 0.29) is 17.9 Å². The van der Waals surface area contributed by atoms with Gasteiger partial charge in [0, 0.05) is 13.5 Å². The number of pyridine rings is 1. The van der Waals surface area contributed by atoms with Gasteiger partial charge in [0.05, 0.1) is 28.9 Å². The molecule has 0 radical (unpaired) electrons. The van der Waals surface area contributed by atoms with Crippen LogP contribution in [0.5, 0.6) is 0 Å². The van der Waals surface area contributed by atoms with E-state index in [1.54, 1.807) is 0 Å². The largest absolute Gasteiger partial charge is 0.351 e. The number of aromatic nitrogens is 1. The zero-order valence-corrected chi connectivity index (χ0v) is 13.8. The summed E-state index contributed by atoms with van der Waals surface area (Å²) in [5, 5.41) is 4.68. The Morgan fingerprint density at radius 1 is 1.35 bits per heavy atom. The first-order valence-electron chi connectivity index (χ1n) is 7.70. The van der Waals surface area contributed by atoms with Crippen LogP contribution in [0.1, 0.15) is 46.9 Å². The Bertz CT molecular complexity index is 700. The number of nitrogens with zero attached hydrogens (tertiary/aromatic N) is 2. The van der Waals surface area contributed by atoms with Crippen molar-refractivity contribution in [2.24, 2.45) is 0 Å². The molecule has 0 bridgehead atoms. The second-order valence-corrected chi connectivity index (χ2v) is 6.55. The zero-order chi connectivity index (χ0) is 16.2. The fourth-order valence-electron chi connectivity index (χ4n) is 2.86. The van der Waals surface area contributed by atoms with Crippen molar-refractivity contribution in [2.75, 3.05) is 6.54 Å². The molecule has 1 unspecified atom stereocenters. The van der Waals surface area contributed by atoms with Gasteiger partial charge in [0.25, 0.3) is 5.91 Å². The maximum absolute atomic E-state index is 12.6. The number of hydrogen-bond donors (Lipinski definition) is 1. The molecule has 2 amide bonds. The van der Waals surface area contributed by atoms with Crippen molar-refractivity contribution < 1.29 is 9.59 Å². The smallest absolute Gasteiger partial charge is 0.264 e. The Morgan fingerprint density at radius 2 is 2.22 bits per heavy atom. The fraction of sp³-hybridized carbons (Fsp3) is 0.353. The van der Waals surface area contributed by atoms with Gasteiger partial charge in [0.15, 0.2) is 0 Å². The van der Waals surface area contributed by atoms with Crippen molar-refractivity contribution in [1.82, 2.24) is 15.2 Å². The Hall–Kier alpha value is -2.21. The first-order valence-corrected chi connectivity index (χ1v) is 8.58. The highest BCUT2D eigenvalue weighted by molar-refractivity contribution is 7.12. The minimum atomic E-state index is -0.0763. The molecule has 1 aliphatic rings. The highest BCUT2D eigenvalue weighted by atomic mass is 32.1. The van der Waals surface area contributed by atoms with Gasteiger partial charge in [0.1, 0.15) is 0 Å². The highest BCUT2D eigenvalue weighted by Crippen LogP contribution is 2.32. The number of carbonyl (C=O) groups is 2. The lowest BCUT2D eigenvalue weighted by Crippen LogP contribution is -2.30. The number of rotatable bonds is 4. The van der Waals surface area contributed by atoms with Crippen LogP contribution in [0.25, 0.3) is 0 Å². The lowest BCUT2D eigenvalue weighted by atomic mass is 10.1. The lowest BCUT2D eigenvalue weighted by molar-refractivity contribution is -0.119. The maximum Gasteiger partial charge on any atom is 0.264 e. The van der Waals surface area contributed by atoms with Crippen LogP contribution < -0.4 is 5.32 Å². The number of carbonyl (C=O) groups excluding carboxylic acids is 2. The van der Waals surface area contributed by atoms with Gasteiger partial charge in [-0.3, -0.25) is 14.6 Å². The number of hydrogen-bond acceptors (Lipinski definition) is 4. The summed E-state index contributed by atoms with van der Waals surface area (Å²) in [6.07, 6.45) is 1.91. The van der Waals surface area contributed by atoms with E-state index in [4.69, 9.17) is 0 Å². The van der Waals surface area contributed by atoms with Crippen molar-refractivity contribution >= 4 is 23.2 Å². The molecule has 0 aliphatic carbocycles. The second-order valence-electron chi connectivity index (χ2n) is 5.60. The molecule has 3 rings (SSSR count). The zero-order valence-electron chi connectivity index (χ0n) is 13.0. The Labute approximate surface area is 139 Å². The van der Waals surface area contributed by atoms with Crippen LogP contribution in [-0.2, 0) is 11.3 Å². The number of amides is 2. The van der Waals surface area contributed by atoms with Crippen molar-refractivity contribution in [1.29, 1.82) is 0 Å². The Balaban J connectivity index is 1.78. The number of likely N-dealkylation sites (tertiary alicyclic amines) is 1.